The molecule has 0 aliphatic carbocycles. The summed E-state index contributed by atoms with van der Waals surface area (Å²) in [7, 11) is 3.14. The highest BCUT2D eigenvalue weighted by Crippen LogP contribution is 2.36. The molecule has 0 aliphatic rings. The van der Waals surface area contributed by atoms with Gasteiger partial charge in [-0.05, 0) is 18.2 Å². The number of benzene rings is 2. The fraction of sp³-hybridized carbons (Fsp3) is 0.350. The highest BCUT2D eigenvalue weighted by atomic mass is 19.1. The summed E-state index contributed by atoms with van der Waals surface area (Å²) >= 11 is 0. The van der Waals surface area contributed by atoms with Crippen LogP contribution in [0.25, 0.3) is 0 Å². The fourth-order valence-electron chi connectivity index (χ4n) is 2.88. The van der Waals surface area contributed by atoms with Crippen LogP contribution >= 0.6 is 0 Å². The standard InChI is InChI=1S/C20H23FN6O7/c1-13(28)22-17-10-14(25(6-8-33-2)7-9-34-3)4-5-16(17)23-24-18-11-15(21)19(26(29)30)12-20(18)27(31)32/h4-5,10-12H,6-9H2,1-3H3,(H,22,28). The largest absolute Gasteiger partial charge is 0.383 e. The first-order valence-corrected chi connectivity index (χ1v) is 9.86. The summed E-state index contributed by atoms with van der Waals surface area (Å²) in [5.74, 6) is -1.70. The molecule has 2 aromatic rings. The van der Waals surface area contributed by atoms with Gasteiger partial charge < -0.3 is 19.7 Å². The molecule has 182 valence electrons. The molecule has 34 heavy (non-hydrogen) atoms. The van der Waals surface area contributed by atoms with Crippen LogP contribution in [-0.4, -0.2) is 56.3 Å². The summed E-state index contributed by atoms with van der Waals surface area (Å²) in [6.45, 7) is 3.24. The zero-order valence-corrected chi connectivity index (χ0v) is 18.7. The molecular weight excluding hydrogens is 455 g/mol. The predicted octanol–water partition coefficient (Wildman–Crippen LogP) is 4.12. The monoisotopic (exact) mass is 478 g/mol. The second-order valence-corrected chi connectivity index (χ2v) is 6.86. The van der Waals surface area contributed by atoms with Gasteiger partial charge in [0.1, 0.15) is 5.69 Å². The van der Waals surface area contributed by atoms with E-state index in [0.29, 0.717) is 44.1 Å². The number of methoxy groups -OCH3 is 2. The van der Waals surface area contributed by atoms with E-state index >= 15 is 0 Å². The highest BCUT2D eigenvalue weighted by Gasteiger charge is 2.25. The average molecular weight is 478 g/mol. The normalized spacial score (nSPS) is 10.9. The van der Waals surface area contributed by atoms with E-state index in [4.69, 9.17) is 9.47 Å². The zero-order chi connectivity index (χ0) is 25.3. The third-order valence-electron chi connectivity index (χ3n) is 4.49. The lowest BCUT2D eigenvalue weighted by Gasteiger charge is -2.25. The van der Waals surface area contributed by atoms with E-state index in [9.17, 15) is 29.4 Å². The first-order valence-electron chi connectivity index (χ1n) is 9.86. The Morgan fingerprint density at radius 2 is 1.59 bits per heavy atom. The molecule has 0 aliphatic heterocycles. The van der Waals surface area contributed by atoms with E-state index in [-0.39, 0.29) is 11.4 Å². The van der Waals surface area contributed by atoms with Gasteiger partial charge in [-0.2, -0.15) is 4.39 Å². The zero-order valence-electron chi connectivity index (χ0n) is 18.7. The lowest BCUT2D eigenvalue weighted by atomic mass is 10.2. The van der Waals surface area contributed by atoms with Crippen molar-refractivity contribution in [3.63, 3.8) is 0 Å². The molecule has 0 bridgehead atoms. The van der Waals surface area contributed by atoms with Gasteiger partial charge in [0.2, 0.25) is 11.7 Å². The van der Waals surface area contributed by atoms with Crippen molar-refractivity contribution in [2.45, 2.75) is 6.92 Å². The molecule has 1 N–H and O–H groups in total. The van der Waals surface area contributed by atoms with E-state index in [0.717, 1.165) is 0 Å². The molecule has 0 saturated heterocycles. The highest BCUT2D eigenvalue weighted by molar-refractivity contribution is 5.93. The first-order chi connectivity index (χ1) is 16.2. The van der Waals surface area contributed by atoms with Crippen LogP contribution < -0.4 is 10.2 Å². The Morgan fingerprint density at radius 3 is 2.12 bits per heavy atom. The van der Waals surface area contributed by atoms with Gasteiger partial charge in [-0.15, -0.1) is 10.2 Å². The van der Waals surface area contributed by atoms with Gasteiger partial charge in [0.15, 0.2) is 5.69 Å². The number of nitrogens with one attached hydrogen (secondary N) is 1. The number of hydrogen-bond acceptors (Lipinski definition) is 10. The number of rotatable bonds is 12. The predicted molar refractivity (Wildman–Crippen MR) is 121 cm³/mol. The summed E-state index contributed by atoms with van der Waals surface area (Å²) in [5.41, 5.74) is -1.28. The van der Waals surface area contributed by atoms with Crippen LogP contribution in [0.5, 0.6) is 0 Å². The van der Waals surface area contributed by atoms with Gasteiger partial charge in [-0.3, -0.25) is 25.0 Å². The summed E-state index contributed by atoms with van der Waals surface area (Å²) in [6, 6.07) is 5.88. The SMILES string of the molecule is COCCN(CCOC)c1ccc(N=Nc2cc(F)c([N+](=O)[O-])cc2[N+](=O)[O-])c(NC(C)=O)c1. The minimum absolute atomic E-state index is 0.130. The quantitative estimate of drug-likeness (QED) is 0.271. The summed E-state index contributed by atoms with van der Waals surface area (Å²) < 4.78 is 24.3. The van der Waals surface area contributed by atoms with E-state index in [1.165, 1.54) is 13.0 Å². The van der Waals surface area contributed by atoms with E-state index in [1.807, 2.05) is 4.90 Å². The molecule has 0 radical (unpaired) electrons. The fourth-order valence-corrected chi connectivity index (χ4v) is 2.88. The summed E-state index contributed by atoms with van der Waals surface area (Å²) in [5, 5.41) is 32.4. The van der Waals surface area contributed by atoms with Gasteiger partial charge in [-0.1, -0.05) is 0 Å². The topological polar surface area (TPSA) is 162 Å². The number of amides is 1. The Hall–Kier alpha value is -4.04. The number of ether oxygens (including phenoxy) is 2. The lowest BCUT2D eigenvalue weighted by Crippen LogP contribution is -2.30. The third kappa shape index (κ3) is 6.98. The van der Waals surface area contributed by atoms with Crippen molar-refractivity contribution in [2.75, 3.05) is 50.7 Å². The number of nitro groups is 2. The van der Waals surface area contributed by atoms with Crippen LogP contribution in [0.2, 0.25) is 0 Å². The maximum atomic E-state index is 14.0. The lowest BCUT2D eigenvalue weighted by molar-refractivity contribution is -0.395. The number of hydrogen-bond donors (Lipinski definition) is 1. The molecule has 2 rings (SSSR count). The minimum Gasteiger partial charge on any atom is -0.383 e. The Morgan fingerprint density at radius 1 is 1.00 bits per heavy atom. The van der Waals surface area contributed by atoms with Crippen LogP contribution in [0, 0.1) is 26.0 Å². The summed E-state index contributed by atoms with van der Waals surface area (Å²) in [4.78, 5) is 33.8. The average Bonchev–Trinajstić information content (AvgIpc) is 2.77. The molecule has 0 fully saturated rings. The molecule has 0 atom stereocenters. The van der Waals surface area contributed by atoms with Crippen molar-refractivity contribution >= 4 is 40.0 Å². The number of anilines is 2. The van der Waals surface area contributed by atoms with Crippen molar-refractivity contribution in [3.05, 3.63) is 56.4 Å². The number of nitrogens with zero attached hydrogens (tertiary/aromatic N) is 5. The summed E-state index contributed by atoms with van der Waals surface area (Å²) in [6.07, 6.45) is 0. The van der Waals surface area contributed by atoms with Crippen molar-refractivity contribution in [1.29, 1.82) is 0 Å². The molecule has 13 nitrogen and oxygen atoms in total. The van der Waals surface area contributed by atoms with Crippen molar-refractivity contribution < 1.29 is 28.5 Å². The van der Waals surface area contributed by atoms with Crippen LogP contribution in [0.4, 0.5) is 38.5 Å². The van der Waals surface area contributed by atoms with E-state index < -0.39 is 38.6 Å². The molecule has 14 heteroatoms. The number of carbonyl (C=O) groups is 1. The van der Waals surface area contributed by atoms with E-state index in [2.05, 4.69) is 15.5 Å². The molecule has 0 aromatic heterocycles. The van der Waals surface area contributed by atoms with Gasteiger partial charge in [0, 0.05) is 46.0 Å². The van der Waals surface area contributed by atoms with Crippen LogP contribution in [0.15, 0.2) is 40.6 Å². The number of azo groups is 1. The Balaban J connectivity index is 2.48. The van der Waals surface area contributed by atoms with Gasteiger partial charge >= 0.3 is 11.4 Å². The van der Waals surface area contributed by atoms with Crippen molar-refractivity contribution in [2.24, 2.45) is 10.2 Å². The Bertz CT molecular complexity index is 1090. The number of carbonyl (C=O) groups excluding carboxylic acids is 1. The van der Waals surface area contributed by atoms with Gasteiger partial charge in [0.05, 0.1) is 34.8 Å². The smallest absolute Gasteiger partial charge is 0.311 e. The minimum atomic E-state index is -1.30. The molecule has 0 heterocycles. The molecule has 0 saturated carbocycles. The molecule has 0 spiro atoms. The number of nitro benzene ring substituents is 2. The molecule has 1 amide bonds. The number of halogens is 1. The molecular formula is C20H23FN6O7. The van der Waals surface area contributed by atoms with Crippen LogP contribution in [0.1, 0.15) is 6.92 Å². The van der Waals surface area contributed by atoms with Crippen LogP contribution in [0.3, 0.4) is 0 Å². The van der Waals surface area contributed by atoms with Gasteiger partial charge in [-0.25, -0.2) is 0 Å². The second-order valence-electron chi connectivity index (χ2n) is 6.86. The van der Waals surface area contributed by atoms with E-state index in [1.54, 1.807) is 26.4 Å². The van der Waals surface area contributed by atoms with Crippen molar-refractivity contribution in [3.8, 4) is 0 Å². The first kappa shape index (κ1) is 26.2. The molecule has 2 aromatic carbocycles. The second kappa shape index (κ2) is 12.3. The molecule has 0 unspecified atom stereocenters. The maximum Gasteiger partial charge on any atom is 0.311 e. The Kier molecular flexibility index (Phi) is 9.46. The Labute approximate surface area is 193 Å². The van der Waals surface area contributed by atoms with Gasteiger partial charge in [0.25, 0.3) is 0 Å². The van der Waals surface area contributed by atoms with Crippen molar-refractivity contribution in [1.82, 2.24) is 0 Å². The maximum absolute atomic E-state index is 14.0. The third-order valence-corrected chi connectivity index (χ3v) is 4.49. The van der Waals surface area contributed by atoms with Crippen LogP contribution in [-0.2, 0) is 14.3 Å².